The Morgan fingerprint density at radius 1 is 0.632 bits per heavy atom. The lowest BCUT2D eigenvalue weighted by Gasteiger charge is -2.32. The van der Waals surface area contributed by atoms with E-state index < -0.39 is 76.5 Å². The van der Waals surface area contributed by atoms with E-state index in [9.17, 15) is 67.5 Å². The molecule has 2 heterocycles. The average Bonchev–Trinajstić information content (AvgIpc) is 3.31. The second-order valence-corrected chi connectivity index (χ2v) is 7.25. The molecule has 0 radical (unpaired) electrons. The van der Waals surface area contributed by atoms with Gasteiger partial charge in [-0.3, -0.25) is 19.2 Å². The highest BCUT2D eigenvalue weighted by atomic mass is 19.4. The number of anilines is 2. The summed E-state index contributed by atoms with van der Waals surface area (Å²) in [5.41, 5.74) is -1.36. The summed E-state index contributed by atoms with van der Waals surface area (Å²) in [6, 6.07) is -1.96. The van der Waals surface area contributed by atoms with Crippen LogP contribution in [-0.4, -0.2) is 47.6 Å². The number of ether oxygens (including phenoxy) is 1. The largest absolute Gasteiger partial charge is 0.460 e. The van der Waals surface area contributed by atoms with E-state index >= 15 is 0 Å². The van der Waals surface area contributed by atoms with Crippen LogP contribution < -0.4 is 14.5 Å². The standard InChI is InChI=1S/C20H7F11N2O5/c21-15(17(23,24)18(25,26)19(27,28)20(29,30)31)16(22)38-8-1-2-9(32-11(34)3-4-12(32)35)10(7-8)33-13(36)5-6-14(33)37/h1-7H. The van der Waals surface area contributed by atoms with Gasteiger partial charge in [0.2, 0.25) is 5.83 Å². The van der Waals surface area contributed by atoms with Crippen molar-refractivity contribution in [1.82, 2.24) is 0 Å². The van der Waals surface area contributed by atoms with Crippen LogP contribution in [0.1, 0.15) is 0 Å². The first kappa shape index (κ1) is 28.3. The molecule has 0 atom stereocenters. The molecule has 18 heteroatoms. The molecule has 1 aromatic carbocycles. The summed E-state index contributed by atoms with van der Waals surface area (Å²) in [5, 5.41) is 0. The van der Waals surface area contributed by atoms with E-state index in [1.54, 1.807) is 0 Å². The monoisotopic (exact) mass is 564 g/mol. The molecule has 0 saturated carbocycles. The topological polar surface area (TPSA) is 84.0 Å². The van der Waals surface area contributed by atoms with E-state index in [0.717, 1.165) is 12.2 Å². The summed E-state index contributed by atoms with van der Waals surface area (Å²) < 4.78 is 148. The average molecular weight is 564 g/mol. The number of hydrogen-bond donors (Lipinski definition) is 0. The van der Waals surface area contributed by atoms with Gasteiger partial charge in [-0.2, -0.15) is 48.3 Å². The zero-order valence-corrected chi connectivity index (χ0v) is 17.6. The zero-order chi connectivity index (χ0) is 29.0. The van der Waals surface area contributed by atoms with Gasteiger partial charge in [-0.05, 0) is 12.1 Å². The van der Waals surface area contributed by atoms with Crippen LogP contribution in [0.3, 0.4) is 0 Å². The van der Waals surface area contributed by atoms with Gasteiger partial charge in [0.05, 0.1) is 11.4 Å². The Hall–Kier alpha value is -4.25. The Morgan fingerprint density at radius 3 is 1.47 bits per heavy atom. The van der Waals surface area contributed by atoms with Crippen LogP contribution in [0.2, 0.25) is 0 Å². The van der Waals surface area contributed by atoms with Crippen molar-refractivity contribution >= 4 is 35.0 Å². The molecule has 0 N–H and O–H groups in total. The smallest absolute Gasteiger partial charge is 0.430 e. The van der Waals surface area contributed by atoms with Crippen molar-refractivity contribution in [3.63, 3.8) is 0 Å². The number of carbonyl (C=O) groups is 4. The Morgan fingerprint density at radius 2 is 1.05 bits per heavy atom. The van der Waals surface area contributed by atoms with Crippen LogP contribution in [0.25, 0.3) is 0 Å². The number of hydrogen-bond acceptors (Lipinski definition) is 5. The van der Waals surface area contributed by atoms with Crippen molar-refractivity contribution in [1.29, 1.82) is 0 Å². The number of halogens is 11. The summed E-state index contributed by atoms with van der Waals surface area (Å²) in [5.74, 6) is -31.9. The third-order valence-corrected chi connectivity index (χ3v) is 4.85. The van der Waals surface area contributed by atoms with E-state index in [1.807, 2.05) is 0 Å². The number of alkyl halides is 9. The number of benzene rings is 1. The third kappa shape index (κ3) is 4.28. The first-order valence-corrected chi connectivity index (χ1v) is 9.45. The lowest BCUT2D eigenvalue weighted by atomic mass is 10.0. The molecule has 38 heavy (non-hydrogen) atoms. The van der Waals surface area contributed by atoms with Gasteiger partial charge in [-0.1, -0.05) is 0 Å². The quantitative estimate of drug-likeness (QED) is 0.277. The predicted octanol–water partition coefficient (Wildman–Crippen LogP) is 4.50. The first-order valence-electron chi connectivity index (χ1n) is 9.45. The lowest BCUT2D eigenvalue weighted by Crippen LogP contribution is -2.61. The molecule has 0 saturated heterocycles. The van der Waals surface area contributed by atoms with E-state index in [-0.39, 0.29) is 4.90 Å². The predicted molar refractivity (Wildman–Crippen MR) is 100 cm³/mol. The molecule has 0 spiro atoms. The minimum absolute atomic E-state index is 0.228. The highest BCUT2D eigenvalue weighted by Gasteiger charge is 2.83. The summed E-state index contributed by atoms with van der Waals surface area (Å²) in [7, 11) is 0. The number of nitrogens with zero attached hydrogens (tertiary/aromatic N) is 2. The Balaban J connectivity index is 2.06. The van der Waals surface area contributed by atoms with Gasteiger partial charge in [0.25, 0.3) is 23.6 Å². The Bertz CT molecular complexity index is 1290. The number of imide groups is 2. The van der Waals surface area contributed by atoms with E-state index in [0.29, 0.717) is 35.3 Å². The van der Waals surface area contributed by atoms with Crippen molar-refractivity contribution in [3.8, 4) is 5.75 Å². The summed E-state index contributed by atoms with van der Waals surface area (Å²) >= 11 is 0. The number of rotatable bonds is 7. The summed E-state index contributed by atoms with van der Waals surface area (Å²) in [6.45, 7) is 0. The van der Waals surface area contributed by atoms with Gasteiger partial charge in [-0.15, -0.1) is 0 Å². The van der Waals surface area contributed by atoms with Gasteiger partial charge in [0.15, 0.2) is 0 Å². The summed E-state index contributed by atoms with van der Waals surface area (Å²) in [4.78, 5) is 48.7. The number of allylic oxidation sites excluding steroid dienone is 1. The van der Waals surface area contributed by atoms with Gasteiger partial charge in [0.1, 0.15) is 5.75 Å². The molecule has 0 unspecified atom stereocenters. The normalized spacial score (nSPS) is 17.7. The van der Waals surface area contributed by atoms with Crippen molar-refractivity contribution < 1.29 is 72.2 Å². The molecule has 204 valence electrons. The van der Waals surface area contributed by atoms with Crippen molar-refractivity contribution in [3.05, 3.63) is 54.3 Å². The van der Waals surface area contributed by atoms with Gasteiger partial charge in [0, 0.05) is 30.4 Å². The lowest BCUT2D eigenvalue weighted by molar-refractivity contribution is -0.392. The molecular weight excluding hydrogens is 557 g/mol. The second-order valence-electron chi connectivity index (χ2n) is 7.25. The number of amides is 4. The van der Waals surface area contributed by atoms with Crippen LogP contribution in [0.4, 0.5) is 59.7 Å². The van der Waals surface area contributed by atoms with Gasteiger partial charge < -0.3 is 4.74 Å². The van der Waals surface area contributed by atoms with Crippen molar-refractivity contribution in [2.75, 3.05) is 9.80 Å². The molecule has 4 amide bonds. The van der Waals surface area contributed by atoms with Crippen LogP contribution in [-0.2, 0) is 19.2 Å². The first-order chi connectivity index (χ1) is 17.3. The fourth-order valence-electron chi connectivity index (χ4n) is 3.00. The molecule has 0 aromatic heterocycles. The molecule has 2 aliphatic heterocycles. The van der Waals surface area contributed by atoms with E-state index in [1.165, 1.54) is 0 Å². The van der Waals surface area contributed by atoms with Crippen LogP contribution in [0.5, 0.6) is 5.75 Å². The maximum Gasteiger partial charge on any atom is 0.460 e. The van der Waals surface area contributed by atoms with Crippen molar-refractivity contribution in [2.45, 2.75) is 23.9 Å². The molecule has 2 aliphatic rings. The van der Waals surface area contributed by atoms with Gasteiger partial charge in [-0.25, -0.2) is 9.80 Å². The van der Waals surface area contributed by atoms with Crippen LogP contribution >= 0.6 is 0 Å². The fraction of sp³-hybridized carbons (Fsp3) is 0.200. The number of carbonyl (C=O) groups excluding carboxylic acids is 4. The van der Waals surface area contributed by atoms with Crippen LogP contribution in [0.15, 0.2) is 54.3 Å². The Labute approximate surface area is 202 Å². The van der Waals surface area contributed by atoms with E-state index in [4.69, 9.17) is 0 Å². The molecule has 7 nitrogen and oxygen atoms in total. The minimum atomic E-state index is -7.54. The zero-order valence-electron chi connectivity index (χ0n) is 17.6. The van der Waals surface area contributed by atoms with Crippen LogP contribution in [0, 0.1) is 0 Å². The van der Waals surface area contributed by atoms with Crippen molar-refractivity contribution in [2.24, 2.45) is 0 Å². The fourth-order valence-corrected chi connectivity index (χ4v) is 3.00. The molecule has 3 rings (SSSR count). The minimum Gasteiger partial charge on any atom is -0.430 e. The molecule has 0 aliphatic carbocycles. The molecule has 1 aromatic rings. The SMILES string of the molecule is O=C1C=CC(=O)N1c1ccc(OC(F)=C(F)C(F)(F)C(F)(F)C(F)(F)C(F)(F)F)cc1N1C(=O)C=CC1=O. The second kappa shape index (κ2) is 8.95. The Kier molecular flexibility index (Phi) is 6.67. The molecular formula is C20H7F11N2O5. The highest BCUT2D eigenvalue weighted by Crippen LogP contribution is 2.56. The maximum absolute atomic E-state index is 14.0. The molecule has 0 bridgehead atoms. The molecule has 0 fully saturated rings. The summed E-state index contributed by atoms with van der Waals surface area (Å²) in [6.07, 6.45) is -4.45. The van der Waals surface area contributed by atoms with Gasteiger partial charge >= 0.3 is 30.0 Å². The van der Waals surface area contributed by atoms with E-state index in [2.05, 4.69) is 4.74 Å². The highest BCUT2D eigenvalue weighted by molar-refractivity contribution is 6.33. The maximum atomic E-state index is 14.0. The third-order valence-electron chi connectivity index (χ3n) is 4.85.